The summed E-state index contributed by atoms with van der Waals surface area (Å²) in [6, 6.07) is 0. The van der Waals surface area contributed by atoms with Crippen LogP contribution in [0.1, 0.15) is 33.6 Å². The van der Waals surface area contributed by atoms with E-state index in [0.717, 1.165) is 0 Å². The van der Waals surface area contributed by atoms with Crippen LogP contribution in [0.25, 0.3) is 0 Å². The molecule has 110 valence electrons. The number of fused-ring (bicyclic) bond motifs is 1. The fourth-order valence-corrected chi connectivity index (χ4v) is 3.77. The molecule has 0 aromatic heterocycles. The summed E-state index contributed by atoms with van der Waals surface area (Å²) in [6.45, 7) is 11.6. The summed E-state index contributed by atoms with van der Waals surface area (Å²) >= 11 is 0. The molecule has 0 aromatic carbocycles. The standard InChI is InChI=1S/C14H26O4Si/c1-14(2,3)19(4,5)17-8-10-9-6-13(16)18-12(9)7-11(10)15/h9-12,15H,6-8H2,1-5H3/t9-,10-,11-,12+/m1/s1. The predicted octanol–water partition coefficient (Wildman–Crippen LogP) is 2.32. The summed E-state index contributed by atoms with van der Waals surface area (Å²) in [7, 11) is -1.80. The minimum absolute atomic E-state index is 0.0468. The highest BCUT2D eigenvalue weighted by Crippen LogP contribution is 2.43. The number of hydrogen-bond acceptors (Lipinski definition) is 4. The van der Waals surface area contributed by atoms with Gasteiger partial charge in [0.1, 0.15) is 6.10 Å². The number of carbonyl (C=O) groups is 1. The fourth-order valence-electron chi connectivity index (χ4n) is 2.73. The third-order valence-corrected chi connectivity index (χ3v) is 9.62. The summed E-state index contributed by atoms with van der Waals surface area (Å²) in [6.07, 6.45) is 0.526. The van der Waals surface area contributed by atoms with Crippen molar-refractivity contribution in [1.82, 2.24) is 0 Å². The molecule has 2 fully saturated rings. The van der Waals surface area contributed by atoms with Crippen molar-refractivity contribution < 1.29 is 19.1 Å². The third-order valence-electron chi connectivity index (χ3n) is 5.12. The number of aliphatic hydroxyl groups excluding tert-OH is 1. The van der Waals surface area contributed by atoms with Crippen molar-refractivity contribution in [3.63, 3.8) is 0 Å². The molecule has 1 saturated carbocycles. The Hall–Kier alpha value is -0.393. The Morgan fingerprint density at radius 2 is 2.05 bits per heavy atom. The first-order chi connectivity index (χ1) is 8.62. The van der Waals surface area contributed by atoms with Crippen molar-refractivity contribution in [2.45, 2.75) is 64.0 Å². The summed E-state index contributed by atoms with van der Waals surface area (Å²) in [5.74, 6) is 0.0667. The van der Waals surface area contributed by atoms with E-state index in [2.05, 4.69) is 33.9 Å². The maximum Gasteiger partial charge on any atom is 0.306 e. The molecule has 0 aromatic rings. The molecular formula is C14H26O4Si. The van der Waals surface area contributed by atoms with Crippen LogP contribution in [0.3, 0.4) is 0 Å². The highest BCUT2D eigenvalue weighted by atomic mass is 28.4. The summed E-state index contributed by atoms with van der Waals surface area (Å²) in [5.41, 5.74) is 0. The van der Waals surface area contributed by atoms with Crippen molar-refractivity contribution in [3.8, 4) is 0 Å². The second kappa shape index (κ2) is 4.86. The SMILES string of the molecule is CC(C)(C)[Si](C)(C)OC[C@@H]1[C@H]2CC(=O)O[C@H]2C[C@H]1O. The normalized spacial score (nSPS) is 35.4. The zero-order valence-corrected chi connectivity index (χ0v) is 13.6. The highest BCUT2D eigenvalue weighted by molar-refractivity contribution is 6.74. The van der Waals surface area contributed by atoms with Gasteiger partial charge in [0, 0.05) is 24.9 Å². The molecule has 0 unspecified atom stereocenters. The lowest BCUT2D eigenvalue weighted by Crippen LogP contribution is -2.43. The maximum absolute atomic E-state index is 11.3. The minimum Gasteiger partial charge on any atom is -0.462 e. The van der Waals surface area contributed by atoms with E-state index in [-0.39, 0.29) is 28.9 Å². The lowest BCUT2D eigenvalue weighted by Gasteiger charge is -2.37. The number of rotatable bonds is 3. The first-order valence-electron chi connectivity index (χ1n) is 7.13. The van der Waals surface area contributed by atoms with Crippen molar-refractivity contribution in [3.05, 3.63) is 0 Å². The lowest BCUT2D eigenvalue weighted by atomic mass is 9.93. The Labute approximate surface area is 116 Å². The molecule has 0 spiro atoms. The van der Waals surface area contributed by atoms with Gasteiger partial charge in [0.2, 0.25) is 0 Å². The van der Waals surface area contributed by atoms with Crippen LogP contribution in [0.5, 0.6) is 0 Å². The fraction of sp³-hybridized carbons (Fsp3) is 0.929. The van der Waals surface area contributed by atoms with Gasteiger partial charge in [-0.3, -0.25) is 4.79 Å². The van der Waals surface area contributed by atoms with Crippen LogP contribution < -0.4 is 0 Å². The van der Waals surface area contributed by atoms with Gasteiger partial charge in [-0.05, 0) is 18.1 Å². The number of aliphatic hydroxyl groups is 1. The zero-order valence-electron chi connectivity index (χ0n) is 12.6. The molecule has 1 aliphatic heterocycles. The molecule has 4 atom stereocenters. The van der Waals surface area contributed by atoms with Gasteiger partial charge in [-0.1, -0.05) is 20.8 Å². The van der Waals surface area contributed by atoms with Crippen LogP contribution >= 0.6 is 0 Å². The Morgan fingerprint density at radius 3 is 2.63 bits per heavy atom. The number of hydrogen-bond donors (Lipinski definition) is 1. The van der Waals surface area contributed by atoms with Gasteiger partial charge in [-0.15, -0.1) is 0 Å². The minimum atomic E-state index is -1.80. The Morgan fingerprint density at radius 1 is 1.42 bits per heavy atom. The van der Waals surface area contributed by atoms with Crippen LogP contribution in [-0.2, 0) is 14.0 Å². The van der Waals surface area contributed by atoms with Crippen LogP contribution in [0, 0.1) is 11.8 Å². The predicted molar refractivity (Wildman–Crippen MR) is 75.2 cm³/mol. The summed E-state index contributed by atoms with van der Waals surface area (Å²) < 4.78 is 11.4. The molecule has 0 amide bonds. The van der Waals surface area contributed by atoms with Gasteiger partial charge in [0.05, 0.1) is 12.5 Å². The molecule has 2 aliphatic rings. The monoisotopic (exact) mass is 286 g/mol. The first kappa shape index (κ1) is 15.0. The van der Waals surface area contributed by atoms with E-state index < -0.39 is 14.4 Å². The third kappa shape index (κ3) is 2.88. The number of carbonyl (C=O) groups excluding carboxylic acids is 1. The van der Waals surface area contributed by atoms with Gasteiger partial charge in [-0.25, -0.2) is 0 Å². The first-order valence-corrected chi connectivity index (χ1v) is 10.0. The zero-order chi connectivity index (χ0) is 14.4. The van der Waals surface area contributed by atoms with E-state index in [0.29, 0.717) is 19.4 Å². The molecule has 0 radical (unpaired) electrons. The molecule has 5 heteroatoms. The average Bonchev–Trinajstić information content (AvgIpc) is 2.69. The van der Waals surface area contributed by atoms with Crippen molar-refractivity contribution >= 4 is 14.3 Å². The maximum atomic E-state index is 11.3. The van der Waals surface area contributed by atoms with E-state index in [9.17, 15) is 9.90 Å². The van der Waals surface area contributed by atoms with Crippen LogP contribution in [0.4, 0.5) is 0 Å². The molecule has 4 nitrogen and oxygen atoms in total. The van der Waals surface area contributed by atoms with Gasteiger partial charge < -0.3 is 14.3 Å². The van der Waals surface area contributed by atoms with Crippen molar-refractivity contribution in [2.75, 3.05) is 6.61 Å². The quantitative estimate of drug-likeness (QED) is 0.639. The molecule has 1 aliphatic carbocycles. The Balaban J connectivity index is 1.97. The van der Waals surface area contributed by atoms with Gasteiger partial charge in [0.25, 0.3) is 0 Å². The second-order valence-corrected chi connectivity index (χ2v) is 12.2. The van der Waals surface area contributed by atoms with Gasteiger partial charge >= 0.3 is 5.97 Å². The summed E-state index contributed by atoms with van der Waals surface area (Å²) in [4.78, 5) is 11.3. The van der Waals surface area contributed by atoms with E-state index in [1.165, 1.54) is 0 Å². The topological polar surface area (TPSA) is 55.8 Å². The van der Waals surface area contributed by atoms with Crippen LogP contribution in [0.15, 0.2) is 0 Å². The van der Waals surface area contributed by atoms with E-state index in [4.69, 9.17) is 9.16 Å². The van der Waals surface area contributed by atoms with Crippen molar-refractivity contribution in [2.24, 2.45) is 11.8 Å². The lowest BCUT2D eigenvalue weighted by molar-refractivity contribution is -0.141. The molecule has 19 heavy (non-hydrogen) atoms. The molecule has 0 bridgehead atoms. The van der Waals surface area contributed by atoms with Gasteiger partial charge in [-0.2, -0.15) is 0 Å². The van der Waals surface area contributed by atoms with Crippen molar-refractivity contribution in [1.29, 1.82) is 0 Å². The molecule has 1 N–H and O–H groups in total. The summed E-state index contributed by atoms with van der Waals surface area (Å²) in [5, 5.41) is 10.3. The highest BCUT2D eigenvalue weighted by Gasteiger charge is 2.50. The Bertz CT molecular complexity index is 361. The van der Waals surface area contributed by atoms with Crippen LogP contribution in [0.2, 0.25) is 18.1 Å². The number of ether oxygens (including phenoxy) is 1. The Kier molecular flexibility index (Phi) is 3.84. The molecule has 1 saturated heterocycles. The second-order valence-electron chi connectivity index (χ2n) is 7.43. The number of esters is 1. The molecular weight excluding hydrogens is 260 g/mol. The average molecular weight is 286 g/mol. The largest absolute Gasteiger partial charge is 0.462 e. The van der Waals surface area contributed by atoms with E-state index >= 15 is 0 Å². The molecule has 1 heterocycles. The van der Waals surface area contributed by atoms with Crippen LogP contribution in [-0.4, -0.2) is 38.2 Å². The van der Waals surface area contributed by atoms with Gasteiger partial charge in [0.15, 0.2) is 8.32 Å². The smallest absolute Gasteiger partial charge is 0.306 e. The molecule has 2 rings (SSSR count). The van der Waals surface area contributed by atoms with E-state index in [1.54, 1.807) is 0 Å². The van der Waals surface area contributed by atoms with E-state index in [1.807, 2.05) is 0 Å².